The zero-order valence-corrected chi connectivity index (χ0v) is 13.6. The van der Waals surface area contributed by atoms with E-state index in [9.17, 15) is 19.2 Å². The van der Waals surface area contributed by atoms with Gasteiger partial charge in [-0.15, -0.1) is 0 Å². The number of hydrogen-bond donors (Lipinski definition) is 0. The summed E-state index contributed by atoms with van der Waals surface area (Å²) in [6, 6.07) is 6.44. The fraction of sp³-hybridized carbons (Fsp3) is 0.375. The molecule has 0 aromatic heterocycles. The van der Waals surface area contributed by atoms with Crippen LogP contribution in [0, 0.1) is 5.92 Å². The highest BCUT2D eigenvalue weighted by atomic mass is 16.7. The molecule has 2 amide bonds. The molecule has 1 unspecified atom stereocenters. The average molecular weight is 334 g/mol. The van der Waals surface area contributed by atoms with Crippen LogP contribution in [0.4, 0.5) is 0 Å². The molecule has 0 aliphatic carbocycles. The normalized spacial score (nSPS) is 17.1. The van der Waals surface area contributed by atoms with E-state index < -0.39 is 29.5 Å². The Kier molecular flexibility index (Phi) is 5.30. The van der Waals surface area contributed by atoms with Gasteiger partial charge in [-0.1, -0.05) is 12.1 Å². The van der Waals surface area contributed by atoms with E-state index in [0.29, 0.717) is 11.1 Å². The Morgan fingerprint density at radius 2 is 1.83 bits per heavy atom. The van der Waals surface area contributed by atoms with Crippen molar-refractivity contribution in [1.29, 1.82) is 0 Å². The smallest absolute Gasteiger partial charge is 0.337 e. The maximum Gasteiger partial charge on any atom is 0.337 e. The molecular formula is C16H18N2O6. The summed E-state index contributed by atoms with van der Waals surface area (Å²) in [6.07, 6.45) is 0. The lowest BCUT2D eigenvalue weighted by Gasteiger charge is -2.22. The van der Waals surface area contributed by atoms with Gasteiger partial charge >= 0.3 is 5.97 Å². The third-order valence-corrected chi connectivity index (χ3v) is 3.80. The number of benzene rings is 1. The maximum absolute atomic E-state index is 12.4. The molecule has 1 aromatic carbocycles. The van der Waals surface area contributed by atoms with Crippen LogP contribution in [-0.4, -0.2) is 61.3 Å². The number of esters is 1. The van der Waals surface area contributed by atoms with E-state index in [4.69, 9.17) is 4.84 Å². The van der Waals surface area contributed by atoms with Gasteiger partial charge in [-0.3, -0.25) is 19.2 Å². The second kappa shape index (κ2) is 7.22. The third-order valence-electron chi connectivity index (χ3n) is 3.80. The summed E-state index contributed by atoms with van der Waals surface area (Å²) in [6.45, 7) is 0.121. The summed E-state index contributed by atoms with van der Waals surface area (Å²) in [7, 11) is 4.07. The van der Waals surface area contributed by atoms with Crippen LogP contribution in [0.1, 0.15) is 15.9 Å². The first-order valence-electron chi connectivity index (χ1n) is 7.21. The molecule has 0 bridgehead atoms. The number of amides is 2. The van der Waals surface area contributed by atoms with E-state index in [1.54, 1.807) is 24.3 Å². The van der Waals surface area contributed by atoms with Crippen molar-refractivity contribution in [3.05, 3.63) is 35.4 Å². The zero-order chi connectivity index (χ0) is 17.9. The van der Waals surface area contributed by atoms with Crippen molar-refractivity contribution in [3.63, 3.8) is 0 Å². The largest absolute Gasteiger partial charge is 0.465 e. The highest BCUT2D eigenvalue weighted by Gasteiger charge is 2.43. The monoisotopic (exact) mass is 334 g/mol. The fourth-order valence-electron chi connectivity index (χ4n) is 2.40. The summed E-state index contributed by atoms with van der Waals surface area (Å²) in [5, 5.41) is 1.03. The Labute approximate surface area is 138 Å². The first kappa shape index (κ1) is 17.6. The number of likely N-dealkylation sites (N-methyl/N-ethyl adjacent to an activating group) is 1. The number of carbonyl (C=O) groups excluding carboxylic acids is 4. The molecule has 1 saturated heterocycles. The van der Waals surface area contributed by atoms with E-state index in [1.165, 1.54) is 26.2 Å². The molecule has 1 aliphatic heterocycles. The van der Waals surface area contributed by atoms with Gasteiger partial charge in [-0.25, -0.2) is 9.86 Å². The summed E-state index contributed by atoms with van der Waals surface area (Å²) in [5.41, 5.74) is 1.08. The van der Waals surface area contributed by atoms with Crippen molar-refractivity contribution in [2.24, 2.45) is 5.92 Å². The van der Waals surface area contributed by atoms with Gasteiger partial charge in [0, 0.05) is 13.6 Å². The molecule has 8 nitrogen and oxygen atoms in total. The minimum absolute atomic E-state index is 0.0393. The Morgan fingerprint density at radius 1 is 1.21 bits per heavy atom. The van der Waals surface area contributed by atoms with Crippen molar-refractivity contribution in [1.82, 2.24) is 9.96 Å². The molecule has 2 rings (SSSR count). The zero-order valence-electron chi connectivity index (χ0n) is 13.6. The van der Waals surface area contributed by atoms with Gasteiger partial charge in [0.2, 0.25) is 5.78 Å². The van der Waals surface area contributed by atoms with Crippen molar-refractivity contribution in [2.45, 2.75) is 6.54 Å². The minimum Gasteiger partial charge on any atom is -0.465 e. The second-order valence-electron chi connectivity index (χ2n) is 5.35. The highest BCUT2D eigenvalue weighted by Crippen LogP contribution is 2.17. The number of hydroxylamine groups is 2. The van der Waals surface area contributed by atoms with Crippen molar-refractivity contribution >= 4 is 23.6 Å². The van der Waals surface area contributed by atoms with Crippen molar-refractivity contribution in [2.75, 3.05) is 27.8 Å². The summed E-state index contributed by atoms with van der Waals surface area (Å²) < 4.78 is 4.61. The van der Waals surface area contributed by atoms with Gasteiger partial charge in [0.05, 0.1) is 26.3 Å². The van der Waals surface area contributed by atoms with E-state index in [1.807, 2.05) is 0 Å². The second-order valence-corrected chi connectivity index (χ2v) is 5.35. The molecular weight excluding hydrogens is 316 g/mol. The van der Waals surface area contributed by atoms with Gasteiger partial charge in [-0.2, -0.15) is 0 Å². The van der Waals surface area contributed by atoms with Gasteiger partial charge in [0.25, 0.3) is 11.8 Å². The summed E-state index contributed by atoms with van der Waals surface area (Å²) in [4.78, 5) is 53.5. The standard InChI is InChI=1S/C16H18N2O6/c1-17-9-12(13(19)15(17)21)14(20)18(24-3)8-10-4-6-11(7-5-10)16(22)23-2/h4-7,12H,8-9H2,1-3H3. The summed E-state index contributed by atoms with van der Waals surface area (Å²) in [5.74, 6) is -3.49. The topological polar surface area (TPSA) is 93.2 Å². The van der Waals surface area contributed by atoms with Crippen LogP contribution in [0.25, 0.3) is 0 Å². The lowest BCUT2D eigenvalue weighted by atomic mass is 10.1. The van der Waals surface area contributed by atoms with Crippen LogP contribution in [0.3, 0.4) is 0 Å². The van der Waals surface area contributed by atoms with Crippen molar-refractivity contribution < 1.29 is 28.8 Å². The van der Waals surface area contributed by atoms with Crippen LogP contribution in [0.15, 0.2) is 24.3 Å². The number of methoxy groups -OCH3 is 1. The fourth-order valence-corrected chi connectivity index (χ4v) is 2.40. The van der Waals surface area contributed by atoms with Crippen LogP contribution in [0.5, 0.6) is 0 Å². The predicted octanol–water partition coefficient (Wildman–Crippen LogP) is 0.0205. The number of carbonyl (C=O) groups is 4. The molecule has 128 valence electrons. The molecule has 0 radical (unpaired) electrons. The number of likely N-dealkylation sites (tertiary alicyclic amines) is 1. The lowest BCUT2D eigenvalue weighted by molar-refractivity contribution is -0.183. The Bertz CT molecular complexity index is 670. The van der Waals surface area contributed by atoms with E-state index in [0.717, 1.165) is 5.06 Å². The SMILES string of the molecule is COC(=O)c1ccc(CN(OC)C(=O)C2CN(C)C(=O)C2=O)cc1. The number of nitrogens with zero attached hydrogens (tertiary/aromatic N) is 2. The molecule has 1 aliphatic rings. The Balaban J connectivity index is 2.09. The van der Waals surface area contributed by atoms with Gasteiger partial charge in [0.1, 0.15) is 5.92 Å². The molecule has 8 heteroatoms. The van der Waals surface area contributed by atoms with Gasteiger partial charge in [0.15, 0.2) is 0 Å². The Morgan fingerprint density at radius 3 is 2.29 bits per heavy atom. The number of hydrogen-bond acceptors (Lipinski definition) is 6. The molecule has 1 fully saturated rings. The minimum atomic E-state index is -1.06. The summed E-state index contributed by atoms with van der Waals surface area (Å²) >= 11 is 0. The number of Topliss-reactive ketones (excluding diaryl/α,β-unsaturated/α-hetero) is 1. The number of ketones is 1. The first-order valence-corrected chi connectivity index (χ1v) is 7.21. The van der Waals surface area contributed by atoms with Crippen molar-refractivity contribution in [3.8, 4) is 0 Å². The molecule has 1 heterocycles. The molecule has 0 N–H and O–H groups in total. The van der Waals surface area contributed by atoms with Crippen LogP contribution < -0.4 is 0 Å². The van der Waals surface area contributed by atoms with E-state index in [-0.39, 0.29) is 13.1 Å². The van der Waals surface area contributed by atoms with Crippen LogP contribution in [0.2, 0.25) is 0 Å². The van der Waals surface area contributed by atoms with Crippen LogP contribution >= 0.6 is 0 Å². The molecule has 24 heavy (non-hydrogen) atoms. The van der Waals surface area contributed by atoms with Gasteiger partial charge in [-0.05, 0) is 17.7 Å². The van der Waals surface area contributed by atoms with E-state index >= 15 is 0 Å². The number of ether oxygens (including phenoxy) is 1. The Hall–Kier alpha value is -2.74. The maximum atomic E-state index is 12.4. The molecule has 0 spiro atoms. The third kappa shape index (κ3) is 3.43. The average Bonchev–Trinajstić information content (AvgIpc) is 2.86. The lowest BCUT2D eigenvalue weighted by Crippen LogP contribution is -2.38. The number of rotatable bonds is 5. The first-order chi connectivity index (χ1) is 11.4. The van der Waals surface area contributed by atoms with Crippen LogP contribution in [-0.2, 0) is 30.5 Å². The highest BCUT2D eigenvalue weighted by molar-refractivity contribution is 6.42. The van der Waals surface area contributed by atoms with Gasteiger partial charge < -0.3 is 9.64 Å². The molecule has 0 saturated carbocycles. The predicted molar refractivity (Wildman–Crippen MR) is 81.5 cm³/mol. The molecule has 1 atom stereocenters. The quantitative estimate of drug-likeness (QED) is 0.326. The molecule has 1 aromatic rings. The van der Waals surface area contributed by atoms with E-state index in [2.05, 4.69) is 4.74 Å².